The molecule has 0 unspecified atom stereocenters. The number of ether oxygens (including phenoxy) is 1. The standard InChI is InChI=1S/C24H30N2O4S/c1-2-30-23-16-10-9-15-22(23)26(31(28,29)21-13-7-4-8-14-21)19-24(27)25-18-17-20-11-5-3-6-12-20/h4,7-11,13-16H,2-3,5-6,12,17-19H2,1H3,(H,25,27). The van der Waals surface area contributed by atoms with Crippen LogP contribution in [0.4, 0.5) is 5.69 Å². The topological polar surface area (TPSA) is 75.7 Å². The number of benzene rings is 2. The Morgan fingerprint density at radius 2 is 1.81 bits per heavy atom. The van der Waals surface area contributed by atoms with Gasteiger partial charge in [0.1, 0.15) is 12.3 Å². The monoisotopic (exact) mass is 442 g/mol. The van der Waals surface area contributed by atoms with E-state index in [0.29, 0.717) is 24.6 Å². The molecular formula is C24H30N2O4S. The average Bonchev–Trinajstić information content (AvgIpc) is 2.79. The van der Waals surface area contributed by atoms with Gasteiger partial charge in [0.15, 0.2) is 0 Å². The fourth-order valence-corrected chi connectivity index (χ4v) is 5.09. The Morgan fingerprint density at radius 1 is 1.06 bits per heavy atom. The highest BCUT2D eigenvalue weighted by atomic mass is 32.2. The fraction of sp³-hybridized carbons (Fsp3) is 0.375. The molecule has 0 saturated carbocycles. The second-order valence-electron chi connectivity index (χ2n) is 7.43. The van der Waals surface area contributed by atoms with Crippen molar-refractivity contribution in [2.75, 3.05) is 24.0 Å². The van der Waals surface area contributed by atoms with Crippen molar-refractivity contribution < 1.29 is 17.9 Å². The molecule has 0 aromatic heterocycles. The normalized spacial score (nSPS) is 13.9. The Bertz CT molecular complexity index is 1000. The molecule has 0 aliphatic heterocycles. The Labute approximate surface area is 185 Å². The SMILES string of the molecule is CCOc1ccccc1N(CC(=O)NCCC1=CCCCC1)S(=O)(=O)c1ccccc1. The summed E-state index contributed by atoms with van der Waals surface area (Å²) in [6.07, 6.45) is 7.64. The van der Waals surface area contributed by atoms with Gasteiger partial charge in [-0.25, -0.2) is 8.42 Å². The molecule has 0 radical (unpaired) electrons. The highest BCUT2D eigenvalue weighted by Gasteiger charge is 2.29. The molecule has 1 amide bonds. The molecule has 0 spiro atoms. The van der Waals surface area contributed by atoms with Crippen molar-refractivity contribution in [1.29, 1.82) is 0 Å². The van der Waals surface area contributed by atoms with Gasteiger partial charge in [0.05, 0.1) is 17.2 Å². The molecule has 7 heteroatoms. The van der Waals surface area contributed by atoms with Crippen molar-refractivity contribution in [3.8, 4) is 5.75 Å². The van der Waals surface area contributed by atoms with E-state index in [-0.39, 0.29) is 17.3 Å². The number of hydrogen-bond acceptors (Lipinski definition) is 4. The first-order valence-corrected chi connectivity index (χ1v) is 12.2. The van der Waals surface area contributed by atoms with E-state index >= 15 is 0 Å². The smallest absolute Gasteiger partial charge is 0.264 e. The van der Waals surface area contributed by atoms with Crippen LogP contribution in [0, 0.1) is 0 Å². The lowest BCUT2D eigenvalue weighted by Crippen LogP contribution is -2.41. The molecule has 1 N–H and O–H groups in total. The Hall–Kier alpha value is -2.80. The maximum Gasteiger partial charge on any atom is 0.264 e. The van der Waals surface area contributed by atoms with Crippen molar-refractivity contribution in [3.05, 3.63) is 66.2 Å². The largest absolute Gasteiger partial charge is 0.492 e. The first kappa shape index (κ1) is 22.9. The van der Waals surface area contributed by atoms with E-state index in [1.807, 2.05) is 6.92 Å². The summed E-state index contributed by atoms with van der Waals surface area (Å²) in [6, 6.07) is 15.0. The number of hydrogen-bond donors (Lipinski definition) is 1. The van der Waals surface area contributed by atoms with E-state index < -0.39 is 10.0 Å². The average molecular weight is 443 g/mol. The van der Waals surface area contributed by atoms with Crippen molar-refractivity contribution in [2.45, 2.75) is 43.9 Å². The van der Waals surface area contributed by atoms with Crippen LogP contribution < -0.4 is 14.4 Å². The van der Waals surface area contributed by atoms with E-state index in [0.717, 1.165) is 23.6 Å². The Balaban J connectivity index is 1.81. The first-order valence-electron chi connectivity index (χ1n) is 10.8. The first-order chi connectivity index (χ1) is 15.0. The number of carbonyl (C=O) groups is 1. The van der Waals surface area contributed by atoms with E-state index in [4.69, 9.17) is 4.74 Å². The summed E-state index contributed by atoms with van der Waals surface area (Å²) in [4.78, 5) is 12.9. The molecule has 0 saturated heterocycles. The highest BCUT2D eigenvalue weighted by Crippen LogP contribution is 2.32. The van der Waals surface area contributed by atoms with Gasteiger partial charge < -0.3 is 10.1 Å². The van der Waals surface area contributed by atoms with E-state index in [1.54, 1.807) is 42.5 Å². The summed E-state index contributed by atoms with van der Waals surface area (Å²) in [6.45, 7) is 2.40. The van der Waals surface area contributed by atoms with Crippen LogP contribution in [0.3, 0.4) is 0 Å². The minimum Gasteiger partial charge on any atom is -0.492 e. The number of sulfonamides is 1. The molecule has 0 fully saturated rings. The number of allylic oxidation sites excluding steroid dienone is 1. The van der Waals surface area contributed by atoms with Gasteiger partial charge in [-0.15, -0.1) is 0 Å². The van der Waals surface area contributed by atoms with Gasteiger partial charge in [-0.2, -0.15) is 0 Å². The minimum atomic E-state index is -3.95. The van der Waals surface area contributed by atoms with Crippen LogP contribution in [0.5, 0.6) is 5.75 Å². The number of anilines is 1. The zero-order chi connectivity index (χ0) is 22.1. The van der Waals surface area contributed by atoms with Crippen LogP contribution in [-0.4, -0.2) is 34.0 Å². The summed E-state index contributed by atoms with van der Waals surface area (Å²) in [7, 11) is -3.95. The number of carbonyl (C=O) groups excluding carboxylic acids is 1. The molecule has 1 aliphatic rings. The van der Waals surface area contributed by atoms with Crippen molar-refractivity contribution in [1.82, 2.24) is 5.32 Å². The fourth-order valence-electron chi connectivity index (χ4n) is 3.64. The van der Waals surface area contributed by atoms with Gasteiger partial charge in [-0.1, -0.05) is 42.0 Å². The molecular weight excluding hydrogens is 412 g/mol. The van der Waals surface area contributed by atoms with Gasteiger partial charge in [-0.05, 0) is 63.3 Å². The summed E-state index contributed by atoms with van der Waals surface area (Å²) < 4.78 is 33.6. The molecule has 31 heavy (non-hydrogen) atoms. The zero-order valence-electron chi connectivity index (χ0n) is 17.9. The summed E-state index contributed by atoms with van der Waals surface area (Å²) >= 11 is 0. The lowest BCUT2D eigenvalue weighted by atomic mass is 9.97. The third kappa shape index (κ3) is 6.10. The van der Waals surface area contributed by atoms with Crippen LogP contribution in [0.2, 0.25) is 0 Å². The maximum absolute atomic E-state index is 13.4. The van der Waals surface area contributed by atoms with Crippen molar-refractivity contribution in [2.24, 2.45) is 0 Å². The summed E-state index contributed by atoms with van der Waals surface area (Å²) in [5.74, 6) is 0.0758. The van der Waals surface area contributed by atoms with Crippen molar-refractivity contribution >= 4 is 21.6 Å². The van der Waals surface area contributed by atoms with E-state index in [2.05, 4.69) is 11.4 Å². The van der Waals surface area contributed by atoms with Gasteiger partial charge in [0, 0.05) is 6.54 Å². The second-order valence-corrected chi connectivity index (χ2v) is 9.30. The van der Waals surface area contributed by atoms with Crippen LogP contribution in [-0.2, 0) is 14.8 Å². The number of rotatable bonds is 10. The van der Waals surface area contributed by atoms with Crippen LogP contribution in [0.15, 0.2) is 71.1 Å². The number of nitrogens with zero attached hydrogens (tertiary/aromatic N) is 1. The molecule has 2 aromatic carbocycles. The molecule has 0 heterocycles. The highest BCUT2D eigenvalue weighted by molar-refractivity contribution is 7.92. The zero-order valence-corrected chi connectivity index (χ0v) is 18.7. The number of amides is 1. The predicted molar refractivity (Wildman–Crippen MR) is 123 cm³/mol. The van der Waals surface area contributed by atoms with Gasteiger partial charge in [0.25, 0.3) is 10.0 Å². The summed E-state index contributed by atoms with van der Waals surface area (Å²) in [5.41, 5.74) is 1.71. The Kier molecular flexibility index (Phi) is 8.12. The van der Waals surface area contributed by atoms with Crippen LogP contribution in [0.1, 0.15) is 39.0 Å². The quantitative estimate of drug-likeness (QED) is 0.557. The molecule has 0 bridgehead atoms. The number of para-hydroxylation sites is 2. The van der Waals surface area contributed by atoms with E-state index in [1.165, 1.54) is 30.5 Å². The minimum absolute atomic E-state index is 0.126. The molecule has 6 nitrogen and oxygen atoms in total. The third-order valence-corrected chi connectivity index (χ3v) is 6.98. The maximum atomic E-state index is 13.4. The lowest BCUT2D eigenvalue weighted by Gasteiger charge is -2.26. The molecule has 3 rings (SSSR count). The predicted octanol–water partition coefficient (Wildman–Crippen LogP) is 4.29. The second kappa shape index (κ2) is 11.0. The Morgan fingerprint density at radius 3 is 2.52 bits per heavy atom. The third-order valence-electron chi connectivity index (χ3n) is 5.21. The van der Waals surface area contributed by atoms with Crippen LogP contribution in [0.25, 0.3) is 0 Å². The summed E-state index contributed by atoms with van der Waals surface area (Å²) in [5, 5.41) is 2.88. The van der Waals surface area contributed by atoms with Gasteiger partial charge >= 0.3 is 0 Å². The molecule has 0 atom stereocenters. The lowest BCUT2D eigenvalue weighted by molar-refractivity contribution is -0.119. The van der Waals surface area contributed by atoms with Crippen LogP contribution >= 0.6 is 0 Å². The molecule has 1 aliphatic carbocycles. The van der Waals surface area contributed by atoms with Crippen molar-refractivity contribution in [3.63, 3.8) is 0 Å². The molecule has 166 valence electrons. The van der Waals surface area contributed by atoms with Gasteiger partial charge in [0.2, 0.25) is 5.91 Å². The molecule has 2 aromatic rings. The van der Waals surface area contributed by atoms with Gasteiger partial charge in [-0.3, -0.25) is 9.10 Å². The van der Waals surface area contributed by atoms with E-state index in [9.17, 15) is 13.2 Å². The number of nitrogens with one attached hydrogen (secondary N) is 1.